The number of amides is 1. The van der Waals surface area contributed by atoms with Gasteiger partial charge in [0.25, 0.3) is 5.91 Å². The number of hydrogen-bond acceptors (Lipinski definition) is 3. The van der Waals surface area contributed by atoms with Crippen LogP contribution >= 0.6 is 23.2 Å². The molecule has 0 radical (unpaired) electrons. The first-order valence-electron chi connectivity index (χ1n) is 6.57. The third kappa shape index (κ3) is 2.49. The van der Waals surface area contributed by atoms with E-state index < -0.39 is 0 Å². The summed E-state index contributed by atoms with van der Waals surface area (Å²) in [7, 11) is 0. The van der Waals surface area contributed by atoms with Gasteiger partial charge in [0, 0.05) is 16.1 Å². The molecule has 21 heavy (non-hydrogen) atoms. The van der Waals surface area contributed by atoms with Gasteiger partial charge < -0.3 is 4.90 Å². The summed E-state index contributed by atoms with van der Waals surface area (Å²) in [4.78, 5) is 22.9. The average Bonchev–Trinajstić information content (AvgIpc) is 2.76. The van der Waals surface area contributed by atoms with Gasteiger partial charge >= 0.3 is 0 Å². The van der Waals surface area contributed by atoms with Crippen molar-refractivity contribution in [3.8, 4) is 0 Å². The molecule has 108 valence electrons. The van der Waals surface area contributed by atoms with Crippen LogP contribution in [0.4, 0.5) is 0 Å². The summed E-state index contributed by atoms with van der Waals surface area (Å²) in [5.41, 5.74) is 2.26. The quantitative estimate of drug-likeness (QED) is 0.750. The second kappa shape index (κ2) is 5.28. The summed E-state index contributed by atoms with van der Waals surface area (Å²) < 4.78 is 0. The number of carbonyl (C=O) groups excluding carboxylic acids is 1. The van der Waals surface area contributed by atoms with E-state index in [9.17, 15) is 4.79 Å². The molecule has 1 amide bonds. The van der Waals surface area contributed by atoms with Crippen molar-refractivity contribution in [2.45, 2.75) is 26.4 Å². The molecule has 0 bridgehead atoms. The van der Waals surface area contributed by atoms with Gasteiger partial charge in [-0.1, -0.05) is 23.2 Å². The molecule has 1 aromatic carbocycles. The topological polar surface area (TPSA) is 46.1 Å². The van der Waals surface area contributed by atoms with E-state index in [-0.39, 0.29) is 11.9 Å². The lowest BCUT2D eigenvalue weighted by Crippen LogP contribution is -2.28. The smallest absolute Gasteiger partial charge is 0.254 e. The number of aromatic nitrogens is 2. The summed E-state index contributed by atoms with van der Waals surface area (Å²) in [5.74, 6) is 0.553. The first-order valence-corrected chi connectivity index (χ1v) is 7.32. The Morgan fingerprint density at radius 1 is 1.24 bits per heavy atom. The Morgan fingerprint density at radius 2 is 1.90 bits per heavy atom. The Morgan fingerprint density at radius 3 is 2.57 bits per heavy atom. The molecular formula is C15H13Cl2N3O. The molecule has 1 atom stereocenters. The van der Waals surface area contributed by atoms with Gasteiger partial charge in [0.2, 0.25) is 0 Å². The van der Waals surface area contributed by atoms with Crippen LogP contribution in [0.3, 0.4) is 0 Å². The zero-order valence-electron chi connectivity index (χ0n) is 11.6. The minimum Gasteiger partial charge on any atom is -0.326 e. The fourth-order valence-corrected chi connectivity index (χ4v) is 3.11. The standard InChI is InChI=1S/C15H13Cl2N3O/c1-8-13-12(18-9(2)19-14(13)17)7-20(8)15(21)10-3-5-11(16)6-4-10/h3-6,8H,7H2,1-2H3. The summed E-state index contributed by atoms with van der Waals surface area (Å²) >= 11 is 12.1. The van der Waals surface area contributed by atoms with Crippen LogP contribution in [0.5, 0.6) is 0 Å². The summed E-state index contributed by atoms with van der Waals surface area (Å²) in [5, 5.41) is 1.03. The molecule has 0 saturated carbocycles. The Hall–Kier alpha value is -1.65. The molecule has 2 aromatic rings. The zero-order valence-corrected chi connectivity index (χ0v) is 13.1. The number of nitrogens with zero attached hydrogens (tertiary/aromatic N) is 3. The third-order valence-electron chi connectivity index (χ3n) is 3.65. The second-order valence-corrected chi connectivity index (χ2v) is 5.83. The van der Waals surface area contributed by atoms with Crippen LogP contribution in [-0.2, 0) is 6.54 Å². The maximum Gasteiger partial charge on any atom is 0.254 e. The zero-order chi connectivity index (χ0) is 15.1. The molecule has 6 heteroatoms. The van der Waals surface area contributed by atoms with Crippen LogP contribution < -0.4 is 0 Å². The molecule has 1 aromatic heterocycles. The normalized spacial score (nSPS) is 17.0. The molecule has 0 fully saturated rings. The molecule has 1 aliphatic heterocycles. The number of benzene rings is 1. The van der Waals surface area contributed by atoms with Crippen LogP contribution in [0.1, 0.15) is 40.4 Å². The summed E-state index contributed by atoms with van der Waals surface area (Å²) in [6.45, 7) is 4.17. The van der Waals surface area contributed by atoms with Gasteiger partial charge in [-0.2, -0.15) is 0 Å². The predicted molar refractivity (Wildman–Crippen MR) is 81.5 cm³/mol. The molecule has 0 N–H and O–H groups in total. The summed E-state index contributed by atoms with van der Waals surface area (Å²) in [6, 6.07) is 6.72. The van der Waals surface area contributed by atoms with E-state index in [1.807, 2.05) is 6.92 Å². The maximum absolute atomic E-state index is 12.6. The van der Waals surface area contributed by atoms with Crippen molar-refractivity contribution in [2.24, 2.45) is 0 Å². The van der Waals surface area contributed by atoms with E-state index in [2.05, 4.69) is 9.97 Å². The number of aryl methyl sites for hydroxylation is 1. The lowest BCUT2D eigenvalue weighted by molar-refractivity contribution is 0.0704. The van der Waals surface area contributed by atoms with Gasteiger partial charge in [0.15, 0.2) is 0 Å². The Balaban J connectivity index is 1.94. The lowest BCUT2D eigenvalue weighted by Gasteiger charge is -2.21. The minimum absolute atomic E-state index is 0.0640. The molecule has 0 spiro atoms. The lowest BCUT2D eigenvalue weighted by atomic mass is 10.1. The van der Waals surface area contributed by atoms with Crippen LogP contribution in [-0.4, -0.2) is 20.8 Å². The van der Waals surface area contributed by atoms with Crippen molar-refractivity contribution < 1.29 is 4.79 Å². The van der Waals surface area contributed by atoms with Crippen molar-refractivity contribution in [3.05, 3.63) is 57.1 Å². The van der Waals surface area contributed by atoms with Gasteiger partial charge in [-0.15, -0.1) is 0 Å². The number of hydrogen-bond donors (Lipinski definition) is 0. The highest BCUT2D eigenvalue weighted by molar-refractivity contribution is 6.30. The molecule has 0 aliphatic carbocycles. The second-order valence-electron chi connectivity index (χ2n) is 5.04. The first kappa shape index (κ1) is 14.3. The van der Waals surface area contributed by atoms with Crippen molar-refractivity contribution in [2.75, 3.05) is 0 Å². The fraction of sp³-hybridized carbons (Fsp3) is 0.267. The molecule has 1 unspecified atom stereocenters. The molecule has 2 heterocycles. The number of carbonyl (C=O) groups is 1. The van der Waals surface area contributed by atoms with Crippen LogP contribution in [0, 0.1) is 6.92 Å². The van der Waals surface area contributed by atoms with Crippen LogP contribution in [0.15, 0.2) is 24.3 Å². The van der Waals surface area contributed by atoms with Gasteiger partial charge in [-0.05, 0) is 38.1 Å². The van der Waals surface area contributed by atoms with Gasteiger partial charge in [0.1, 0.15) is 11.0 Å². The molecule has 3 rings (SSSR count). The Labute approximate surface area is 132 Å². The number of halogens is 2. The predicted octanol–water partition coefficient (Wildman–Crippen LogP) is 3.81. The largest absolute Gasteiger partial charge is 0.326 e. The fourth-order valence-electron chi connectivity index (χ4n) is 2.60. The van der Waals surface area contributed by atoms with Crippen LogP contribution in [0.2, 0.25) is 10.2 Å². The third-order valence-corrected chi connectivity index (χ3v) is 4.19. The van der Waals surface area contributed by atoms with Crippen molar-refractivity contribution in [1.29, 1.82) is 0 Å². The first-order chi connectivity index (χ1) is 9.97. The van der Waals surface area contributed by atoms with Gasteiger partial charge in [0.05, 0.1) is 18.3 Å². The monoisotopic (exact) mass is 321 g/mol. The molecule has 0 saturated heterocycles. The minimum atomic E-state index is -0.142. The van der Waals surface area contributed by atoms with Gasteiger partial charge in [-0.25, -0.2) is 9.97 Å². The van der Waals surface area contributed by atoms with E-state index >= 15 is 0 Å². The molecule has 4 nitrogen and oxygen atoms in total. The Kier molecular flexibility index (Phi) is 3.59. The van der Waals surface area contributed by atoms with Gasteiger partial charge in [-0.3, -0.25) is 4.79 Å². The van der Waals surface area contributed by atoms with E-state index in [0.29, 0.717) is 28.1 Å². The highest BCUT2D eigenvalue weighted by atomic mass is 35.5. The van der Waals surface area contributed by atoms with E-state index in [1.165, 1.54) is 0 Å². The van der Waals surface area contributed by atoms with Crippen LogP contribution in [0.25, 0.3) is 0 Å². The number of fused-ring (bicyclic) bond motifs is 1. The maximum atomic E-state index is 12.6. The van der Waals surface area contributed by atoms with Crippen molar-refractivity contribution in [3.63, 3.8) is 0 Å². The molecule has 1 aliphatic rings. The van der Waals surface area contributed by atoms with Crippen molar-refractivity contribution in [1.82, 2.24) is 14.9 Å². The average molecular weight is 322 g/mol. The van der Waals surface area contributed by atoms with E-state index in [4.69, 9.17) is 23.2 Å². The van der Waals surface area contributed by atoms with E-state index in [0.717, 1.165) is 11.3 Å². The highest BCUT2D eigenvalue weighted by Crippen LogP contribution is 2.37. The highest BCUT2D eigenvalue weighted by Gasteiger charge is 2.34. The Bertz CT molecular complexity index is 716. The SMILES string of the molecule is Cc1nc(Cl)c2c(n1)CN(C(=O)c1ccc(Cl)cc1)C2C. The van der Waals surface area contributed by atoms with Crippen molar-refractivity contribution >= 4 is 29.1 Å². The molecular weight excluding hydrogens is 309 g/mol. The van der Waals surface area contributed by atoms with E-state index in [1.54, 1.807) is 36.1 Å². The number of rotatable bonds is 1. The summed E-state index contributed by atoms with van der Waals surface area (Å²) in [6.07, 6.45) is 0.